The number of hydrogen-bond acceptors (Lipinski definition) is 3. The normalized spacial score (nSPS) is 13.5. The largest absolute Gasteiger partial charge is 0.291 e. The Morgan fingerprint density at radius 2 is 1.88 bits per heavy atom. The molecule has 88 valence electrons. The van der Waals surface area contributed by atoms with Crippen molar-refractivity contribution in [2.24, 2.45) is 0 Å². The summed E-state index contributed by atoms with van der Waals surface area (Å²) in [5.41, 5.74) is 0.0384. The van der Waals surface area contributed by atoms with Gasteiger partial charge >= 0.3 is 0 Å². The van der Waals surface area contributed by atoms with Gasteiger partial charge in [-0.05, 0) is 18.2 Å². The van der Waals surface area contributed by atoms with Crippen molar-refractivity contribution in [2.45, 2.75) is 4.71 Å². The van der Waals surface area contributed by atoms with Crippen LogP contribution in [0.1, 0.15) is 10.4 Å². The summed E-state index contributed by atoms with van der Waals surface area (Å²) in [6, 6.07) is 4.13. The lowest BCUT2D eigenvalue weighted by Gasteiger charge is -2.07. The van der Waals surface area contributed by atoms with Crippen LogP contribution in [0.4, 0.5) is 0 Å². The van der Waals surface area contributed by atoms with Gasteiger partial charge < -0.3 is 0 Å². The van der Waals surface area contributed by atoms with Crippen LogP contribution in [0, 0.1) is 0 Å². The van der Waals surface area contributed by atoms with Gasteiger partial charge in [0.2, 0.25) is 0 Å². The van der Waals surface area contributed by atoms with Crippen molar-refractivity contribution in [2.75, 3.05) is 6.26 Å². The lowest BCUT2D eigenvalue weighted by atomic mass is 10.1. The molecule has 0 aliphatic rings. The summed E-state index contributed by atoms with van der Waals surface area (Å²) in [6.07, 6.45) is 0.881. The quantitative estimate of drug-likeness (QED) is 0.637. The summed E-state index contributed by atoms with van der Waals surface area (Å²) in [7, 11) is -3.65. The van der Waals surface area contributed by atoms with Gasteiger partial charge in [-0.25, -0.2) is 8.42 Å². The molecule has 0 aromatic heterocycles. The molecule has 0 saturated heterocycles. The Bertz CT molecular complexity index is 525. The Morgan fingerprint density at radius 3 is 2.31 bits per heavy atom. The minimum atomic E-state index is -3.65. The second-order valence-corrected chi connectivity index (χ2v) is 6.80. The number of sulfone groups is 1. The maximum absolute atomic E-state index is 11.7. The molecule has 0 unspecified atom stereocenters. The molecule has 0 aliphatic carbocycles. The topological polar surface area (TPSA) is 51.2 Å². The molecule has 0 radical (unpaired) electrons. The Morgan fingerprint density at radius 1 is 1.31 bits per heavy atom. The van der Waals surface area contributed by atoms with Gasteiger partial charge in [-0.1, -0.05) is 34.8 Å². The third kappa shape index (κ3) is 3.10. The van der Waals surface area contributed by atoms with E-state index in [1.54, 1.807) is 0 Å². The molecule has 0 fully saturated rings. The van der Waals surface area contributed by atoms with E-state index in [2.05, 4.69) is 0 Å². The first-order chi connectivity index (χ1) is 7.23. The van der Waals surface area contributed by atoms with Gasteiger partial charge in [-0.3, -0.25) is 4.79 Å². The second kappa shape index (κ2) is 4.92. The molecule has 0 spiro atoms. The third-order valence-electron chi connectivity index (χ3n) is 1.78. The first-order valence-electron chi connectivity index (χ1n) is 4.05. The van der Waals surface area contributed by atoms with Gasteiger partial charge in [-0.15, -0.1) is 0 Å². The van der Waals surface area contributed by atoms with Crippen molar-refractivity contribution < 1.29 is 13.2 Å². The number of carbonyl (C=O) groups is 1. The molecule has 0 aliphatic heterocycles. The molecule has 1 rings (SSSR count). The first-order valence-corrected chi connectivity index (χ1v) is 7.20. The van der Waals surface area contributed by atoms with Crippen molar-refractivity contribution in [3.63, 3.8) is 0 Å². The van der Waals surface area contributed by atoms with E-state index < -0.39 is 20.3 Å². The minimum absolute atomic E-state index is 0.0384. The van der Waals surface area contributed by atoms with Crippen LogP contribution in [0.2, 0.25) is 10.0 Å². The average Bonchev–Trinajstić information content (AvgIpc) is 2.14. The van der Waals surface area contributed by atoms with E-state index in [9.17, 15) is 13.2 Å². The molecule has 1 atom stereocenters. The third-order valence-corrected chi connectivity index (χ3v) is 4.46. The second-order valence-electron chi connectivity index (χ2n) is 3.13. The highest BCUT2D eigenvalue weighted by molar-refractivity contribution is 7.93. The van der Waals surface area contributed by atoms with E-state index in [1.807, 2.05) is 0 Å². The Labute approximate surface area is 108 Å². The highest BCUT2D eigenvalue weighted by Crippen LogP contribution is 2.24. The Kier molecular flexibility index (Phi) is 4.23. The fourth-order valence-corrected chi connectivity index (χ4v) is 2.14. The van der Waals surface area contributed by atoms with E-state index in [1.165, 1.54) is 18.2 Å². The van der Waals surface area contributed by atoms with Crippen LogP contribution in [0.3, 0.4) is 0 Å². The number of benzene rings is 1. The summed E-state index contributed by atoms with van der Waals surface area (Å²) in [6.45, 7) is 0. The van der Waals surface area contributed by atoms with Gasteiger partial charge in [0.05, 0.1) is 5.02 Å². The van der Waals surface area contributed by atoms with E-state index in [4.69, 9.17) is 34.8 Å². The molecule has 0 bridgehead atoms. The molecule has 0 amide bonds. The SMILES string of the molecule is CS(=O)(=O)[C@@H](Cl)C(=O)c1ccc(Cl)cc1Cl. The van der Waals surface area contributed by atoms with Crippen LogP contribution in [0.15, 0.2) is 18.2 Å². The average molecular weight is 302 g/mol. The fourth-order valence-electron chi connectivity index (χ4n) is 1.01. The molecule has 1 aromatic carbocycles. The predicted molar refractivity (Wildman–Crippen MR) is 65.3 cm³/mol. The number of alkyl halides is 1. The van der Waals surface area contributed by atoms with Gasteiger partial charge in [0.1, 0.15) is 0 Å². The number of carbonyl (C=O) groups excluding carboxylic acids is 1. The Hall–Kier alpha value is -0.290. The summed E-state index contributed by atoms with van der Waals surface area (Å²) in [5.74, 6) is -0.758. The fraction of sp³-hybridized carbons (Fsp3) is 0.222. The van der Waals surface area contributed by atoms with Crippen molar-refractivity contribution in [1.82, 2.24) is 0 Å². The summed E-state index contributed by atoms with van der Waals surface area (Å²) >= 11 is 16.9. The standard InChI is InChI=1S/C9H7Cl3O3S/c1-16(14,15)9(12)8(13)6-3-2-5(10)4-7(6)11/h2-4,9H,1H3/t9-/m1/s1. The highest BCUT2D eigenvalue weighted by Gasteiger charge is 2.28. The number of Topliss-reactive ketones (excluding diaryl/α,β-unsaturated/α-hetero) is 1. The molecule has 7 heteroatoms. The molecular formula is C9H7Cl3O3S. The van der Waals surface area contributed by atoms with Crippen molar-refractivity contribution >= 4 is 50.4 Å². The number of ketones is 1. The van der Waals surface area contributed by atoms with Crippen molar-refractivity contribution in [3.8, 4) is 0 Å². The van der Waals surface area contributed by atoms with E-state index in [0.717, 1.165) is 6.26 Å². The van der Waals surface area contributed by atoms with E-state index in [0.29, 0.717) is 5.02 Å². The van der Waals surface area contributed by atoms with E-state index in [-0.39, 0.29) is 10.6 Å². The zero-order valence-electron chi connectivity index (χ0n) is 8.08. The van der Waals surface area contributed by atoms with Gasteiger partial charge in [0, 0.05) is 16.8 Å². The summed E-state index contributed by atoms with van der Waals surface area (Å²) in [5, 5.41) is 0.429. The summed E-state index contributed by atoms with van der Waals surface area (Å²) in [4.78, 5) is 11.7. The monoisotopic (exact) mass is 300 g/mol. The molecule has 16 heavy (non-hydrogen) atoms. The van der Waals surface area contributed by atoms with Crippen molar-refractivity contribution in [3.05, 3.63) is 33.8 Å². The molecule has 0 saturated carbocycles. The van der Waals surface area contributed by atoms with Crippen LogP contribution in [0.5, 0.6) is 0 Å². The maximum atomic E-state index is 11.7. The predicted octanol–water partition coefficient (Wildman–Crippen LogP) is 2.79. The zero-order valence-corrected chi connectivity index (χ0v) is 11.2. The van der Waals surface area contributed by atoms with Crippen LogP contribution in [-0.4, -0.2) is 25.2 Å². The Balaban J connectivity index is 3.16. The van der Waals surface area contributed by atoms with Gasteiger partial charge in [0.15, 0.2) is 20.3 Å². The van der Waals surface area contributed by atoms with Crippen molar-refractivity contribution in [1.29, 1.82) is 0 Å². The van der Waals surface area contributed by atoms with Gasteiger partial charge in [0.25, 0.3) is 0 Å². The van der Waals surface area contributed by atoms with Gasteiger partial charge in [-0.2, -0.15) is 0 Å². The first kappa shape index (κ1) is 13.8. The van der Waals surface area contributed by atoms with E-state index >= 15 is 0 Å². The van der Waals surface area contributed by atoms with Crippen LogP contribution in [-0.2, 0) is 9.84 Å². The molecule has 0 heterocycles. The molecular weight excluding hydrogens is 295 g/mol. The molecule has 0 N–H and O–H groups in total. The smallest absolute Gasteiger partial charge is 0.197 e. The highest BCUT2D eigenvalue weighted by atomic mass is 35.5. The van der Waals surface area contributed by atoms with Crippen LogP contribution < -0.4 is 0 Å². The number of halogens is 3. The zero-order chi connectivity index (χ0) is 12.5. The molecule has 3 nitrogen and oxygen atoms in total. The molecule has 1 aromatic rings. The number of hydrogen-bond donors (Lipinski definition) is 0. The van der Waals surface area contributed by atoms with Crippen LogP contribution >= 0.6 is 34.8 Å². The van der Waals surface area contributed by atoms with Crippen LogP contribution in [0.25, 0.3) is 0 Å². The lowest BCUT2D eigenvalue weighted by molar-refractivity contribution is 0.101. The summed E-state index contributed by atoms with van der Waals surface area (Å²) < 4.78 is 20.6. The lowest BCUT2D eigenvalue weighted by Crippen LogP contribution is -2.24. The maximum Gasteiger partial charge on any atom is 0.197 e. The minimum Gasteiger partial charge on any atom is -0.291 e. The number of rotatable bonds is 3.